The zero-order valence-electron chi connectivity index (χ0n) is 38.2. The number of anilines is 1. The van der Waals surface area contributed by atoms with Crippen LogP contribution in [0.3, 0.4) is 0 Å². The molecule has 67 heavy (non-hydrogen) atoms. The topological polar surface area (TPSA) is 159 Å². The van der Waals surface area contributed by atoms with Crippen LogP contribution in [0.25, 0.3) is 11.0 Å². The van der Waals surface area contributed by atoms with Gasteiger partial charge in [0.25, 0.3) is 0 Å². The molecule has 0 radical (unpaired) electrons. The summed E-state index contributed by atoms with van der Waals surface area (Å²) >= 11 is 12.8. The highest BCUT2D eigenvalue weighted by Gasteiger charge is 2.73. The lowest BCUT2D eigenvalue weighted by Gasteiger charge is -2.50. The smallest absolute Gasteiger partial charge is 0.329 e. The number of amides is 4. The number of hydrogen-bond donors (Lipinski definition) is 4. The van der Waals surface area contributed by atoms with Gasteiger partial charge in [-0.15, -0.1) is 0 Å². The number of aryl methyl sites for hydroxylation is 1. The Kier molecular flexibility index (Phi) is 11.9. The third-order valence-electron chi connectivity index (χ3n) is 16.3. The molecule has 3 saturated heterocycles. The largest absolute Gasteiger partial charge is 0.352 e. The number of nitrogens with zero attached hydrogens (tertiary/aromatic N) is 4. The molecule has 6 heterocycles. The van der Waals surface area contributed by atoms with Crippen molar-refractivity contribution in [3.05, 3.63) is 91.8 Å². The van der Waals surface area contributed by atoms with Crippen LogP contribution < -0.4 is 27.0 Å². The lowest BCUT2D eigenvalue weighted by Crippen LogP contribution is -2.61. The van der Waals surface area contributed by atoms with Gasteiger partial charge in [0.15, 0.2) is 11.0 Å². The van der Waals surface area contributed by atoms with E-state index in [1.165, 1.54) is 10.8 Å². The average molecular weight is 952 g/mol. The number of nitrogens with one attached hydrogen (secondary N) is 4. The first-order valence-corrected chi connectivity index (χ1v) is 24.6. The zero-order chi connectivity index (χ0) is 47.0. The summed E-state index contributed by atoms with van der Waals surface area (Å²) in [5.41, 5.74) is 1.07. The molecule has 0 bridgehead atoms. The van der Waals surface area contributed by atoms with Crippen molar-refractivity contribution in [1.82, 2.24) is 35.0 Å². The molecule has 1 unspecified atom stereocenters. The maximum absolute atomic E-state index is 16.4. The SMILES string of the molecule is Cn1c(=O)n(C2CCC(=O)NC2=O)c2cccc(C#CC3CCN(CC4CCC(NC(=O)[C@@H]5NC6(CCC(C)(C)CC6)[C@@]6(C(=O)Nc7cc(Cl)ccc76)[C@H]5c5ccnc(Cl)c5F)CC4)CC3)c21. The molecule has 4 atom stereocenters. The van der Waals surface area contributed by atoms with E-state index < -0.39 is 40.7 Å². The monoisotopic (exact) mass is 950 g/mol. The predicted octanol–water partition coefficient (Wildman–Crippen LogP) is 6.88. The van der Waals surface area contributed by atoms with E-state index in [1.807, 2.05) is 24.3 Å². The molecule has 16 heteroatoms. The van der Waals surface area contributed by atoms with Crippen LogP contribution in [0.1, 0.15) is 120 Å². The van der Waals surface area contributed by atoms with Crippen LogP contribution in [-0.2, 0) is 31.6 Å². The normalized spacial score (nSPS) is 28.3. The average Bonchev–Trinajstić information content (AvgIpc) is 3.87. The van der Waals surface area contributed by atoms with Gasteiger partial charge in [0, 0.05) is 60.3 Å². The number of aromatic nitrogens is 3. The maximum atomic E-state index is 16.4. The van der Waals surface area contributed by atoms with E-state index in [-0.39, 0.29) is 64.3 Å². The Morgan fingerprint density at radius 1 is 0.940 bits per heavy atom. The van der Waals surface area contributed by atoms with Gasteiger partial charge in [-0.1, -0.05) is 61.0 Å². The number of hydrogen-bond acceptors (Lipinski definition) is 8. The first-order chi connectivity index (χ1) is 32.1. The van der Waals surface area contributed by atoms with E-state index in [2.05, 4.69) is 56.8 Å². The fourth-order valence-electron chi connectivity index (χ4n) is 12.7. The Bertz CT molecular complexity index is 2810. The van der Waals surface area contributed by atoms with Crippen LogP contribution in [0.5, 0.6) is 0 Å². The van der Waals surface area contributed by atoms with Crippen LogP contribution in [0.2, 0.25) is 10.2 Å². The molecule has 5 fully saturated rings. The summed E-state index contributed by atoms with van der Waals surface area (Å²) in [4.78, 5) is 74.1. The fourth-order valence-corrected chi connectivity index (χ4v) is 13.0. The third-order valence-corrected chi connectivity index (χ3v) is 16.8. The van der Waals surface area contributed by atoms with E-state index >= 15 is 4.39 Å². The van der Waals surface area contributed by atoms with Gasteiger partial charge >= 0.3 is 5.69 Å². The zero-order valence-corrected chi connectivity index (χ0v) is 39.7. The number of pyridine rings is 1. The summed E-state index contributed by atoms with van der Waals surface area (Å²) in [6.07, 6.45) is 10.2. The lowest BCUT2D eigenvalue weighted by molar-refractivity contribution is -0.136. The summed E-state index contributed by atoms with van der Waals surface area (Å²) in [5.74, 6) is 4.60. The van der Waals surface area contributed by atoms with Gasteiger partial charge in [0.1, 0.15) is 11.5 Å². The number of imide groups is 1. The minimum absolute atomic E-state index is 0.0340. The molecule has 4 N–H and O–H groups in total. The van der Waals surface area contributed by atoms with Crippen LogP contribution in [-0.4, -0.2) is 79.9 Å². The Morgan fingerprint density at radius 3 is 2.42 bits per heavy atom. The first kappa shape index (κ1) is 45.7. The van der Waals surface area contributed by atoms with Gasteiger partial charge in [-0.25, -0.2) is 14.2 Å². The Morgan fingerprint density at radius 2 is 1.69 bits per heavy atom. The van der Waals surface area contributed by atoms with Gasteiger partial charge in [0.05, 0.1) is 22.6 Å². The van der Waals surface area contributed by atoms with Crippen molar-refractivity contribution in [1.29, 1.82) is 0 Å². The standard InChI is InChI=1S/C51H57Cl2FN8O5/c1-49(2)20-22-50(23-21-49)51(35-14-11-32(52)27-36(35)57-47(51)66)40(34-17-24-55-44(53)41(34)54)42(59-50)46(65)56-33-12-8-30(9-13-33)28-61-25-18-29(19-26-61)7-10-31-5-4-6-37-43(31)60(3)48(67)62(37)38-15-16-39(63)58-45(38)64/h4-6,11,14,17,24,27,29-30,33,38,40,42,59H,8-9,12-13,15-16,18-23,25-26,28H2,1-3H3,(H,56,65)(H,57,66)(H,58,63,64)/t30?,33?,38?,40-,42+,51+/m0/s1. The van der Waals surface area contributed by atoms with Crippen LogP contribution in [0.15, 0.2) is 53.5 Å². The number of benzene rings is 2. The molecular formula is C51H57Cl2FN8O5. The summed E-state index contributed by atoms with van der Waals surface area (Å²) in [5, 5.41) is 12.8. The van der Waals surface area contributed by atoms with Crippen molar-refractivity contribution >= 4 is 63.6 Å². The minimum atomic E-state index is -1.33. The number of para-hydroxylation sites is 1. The minimum Gasteiger partial charge on any atom is -0.352 e. The van der Waals surface area contributed by atoms with E-state index in [4.69, 9.17) is 23.2 Å². The highest BCUT2D eigenvalue weighted by atomic mass is 35.5. The van der Waals surface area contributed by atoms with Crippen molar-refractivity contribution in [3.63, 3.8) is 0 Å². The molecule has 6 aliphatic rings. The molecule has 4 aromatic rings. The summed E-state index contributed by atoms with van der Waals surface area (Å²) < 4.78 is 19.4. The number of fused-ring (bicyclic) bond motifs is 4. The number of halogens is 3. The van der Waals surface area contributed by atoms with Gasteiger partial charge in [-0.2, -0.15) is 0 Å². The quantitative estimate of drug-likeness (QED) is 0.0926. The molecular weight excluding hydrogens is 895 g/mol. The molecule has 2 aromatic heterocycles. The van der Waals surface area contributed by atoms with E-state index in [9.17, 15) is 24.0 Å². The number of imidazole rings is 1. The van der Waals surface area contributed by atoms with Crippen molar-refractivity contribution in [2.45, 2.75) is 126 Å². The molecule has 2 saturated carbocycles. The molecule has 2 spiro atoms. The van der Waals surface area contributed by atoms with Crippen molar-refractivity contribution in [3.8, 4) is 11.8 Å². The second kappa shape index (κ2) is 17.5. The van der Waals surface area contributed by atoms with E-state index in [0.717, 1.165) is 76.6 Å². The second-order valence-electron chi connectivity index (χ2n) is 20.7. The second-order valence-corrected chi connectivity index (χ2v) is 21.5. The van der Waals surface area contributed by atoms with Gasteiger partial charge in [0.2, 0.25) is 23.6 Å². The highest BCUT2D eigenvalue weighted by Crippen LogP contribution is 2.64. The number of likely N-dealkylation sites (tertiary alicyclic amines) is 1. The van der Waals surface area contributed by atoms with Crippen LogP contribution in [0.4, 0.5) is 10.1 Å². The van der Waals surface area contributed by atoms with Gasteiger partial charge in [-0.05, 0) is 137 Å². The predicted molar refractivity (Wildman–Crippen MR) is 254 cm³/mol. The van der Waals surface area contributed by atoms with Crippen molar-refractivity contribution in [2.75, 3.05) is 25.0 Å². The first-order valence-electron chi connectivity index (χ1n) is 23.9. The van der Waals surface area contributed by atoms with Crippen LogP contribution in [0, 0.1) is 34.9 Å². The molecule has 352 valence electrons. The van der Waals surface area contributed by atoms with Gasteiger partial charge < -0.3 is 15.5 Å². The van der Waals surface area contributed by atoms with Crippen LogP contribution >= 0.6 is 23.2 Å². The number of rotatable bonds is 6. The third kappa shape index (κ3) is 7.87. The molecule has 4 amide bonds. The Hall–Kier alpha value is -5.07. The van der Waals surface area contributed by atoms with E-state index in [0.29, 0.717) is 46.1 Å². The van der Waals surface area contributed by atoms with E-state index in [1.54, 1.807) is 29.8 Å². The van der Waals surface area contributed by atoms with Gasteiger partial charge in [-0.3, -0.25) is 38.9 Å². The molecule has 10 rings (SSSR count). The highest BCUT2D eigenvalue weighted by molar-refractivity contribution is 6.31. The Labute approximate surface area is 399 Å². The summed E-state index contributed by atoms with van der Waals surface area (Å²) in [7, 11) is 1.69. The molecule has 4 aliphatic heterocycles. The summed E-state index contributed by atoms with van der Waals surface area (Å²) in [6, 6.07) is 10.8. The Balaban J connectivity index is 0.801. The lowest BCUT2D eigenvalue weighted by atomic mass is 9.53. The maximum Gasteiger partial charge on any atom is 0.329 e. The summed E-state index contributed by atoms with van der Waals surface area (Å²) in [6.45, 7) is 7.29. The fraction of sp³-hybridized carbons (Fsp3) is 0.529. The molecule has 13 nitrogen and oxygen atoms in total. The van der Waals surface area contributed by atoms with Crippen molar-refractivity contribution < 1.29 is 23.6 Å². The number of carbonyl (C=O) groups is 4. The number of piperidine rings is 2. The molecule has 2 aliphatic carbocycles. The number of carbonyl (C=O) groups excluding carboxylic acids is 4. The van der Waals surface area contributed by atoms with Crippen molar-refractivity contribution in [2.24, 2.45) is 24.3 Å². The molecule has 2 aromatic carbocycles.